The van der Waals surface area contributed by atoms with Gasteiger partial charge in [-0.05, 0) is 26.0 Å². The van der Waals surface area contributed by atoms with Crippen molar-refractivity contribution in [1.82, 2.24) is 30.1 Å². The first-order valence-corrected chi connectivity index (χ1v) is 7.33. The number of hydrogen-bond acceptors (Lipinski definition) is 4. The summed E-state index contributed by atoms with van der Waals surface area (Å²) in [6.45, 7) is 8.19. The summed E-state index contributed by atoms with van der Waals surface area (Å²) >= 11 is 0. The number of aryl methyl sites for hydroxylation is 3. The third kappa shape index (κ3) is 3.25. The molecule has 2 heterocycles. The molecule has 0 aliphatic carbocycles. The van der Waals surface area contributed by atoms with Gasteiger partial charge in [0.1, 0.15) is 0 Å². The molecule has 1 atom stereocenters. The number of nitrogens with zero attached hydrogens (tertiary/aromatic N) is 5. The fraction of sp³-hybridized carbons (Fsp3) is 0.643. The van der Waals surface area contributed by atoms with E-state index in [1.165, 1.54) is 5.69 Å². The van der Waals surface area contributed by atoms with Crippen molar-refractivity contribution in [2.45, 2.75) is 46.2 Å². The molecule has 1 unspecified atom stereocenters. The third-order valence-corrected chi connectivity index (χ3v) is 3.39. The number of nitrogens with one attached hydrogen (secondary N) is 1. The maximum absolute atomic E-state index is 4.63. The monoisotopic (exact) mass is 276 g/mol. The molecule has 0 aromatic carbocycles. The molecule has 1 N–H and O–H groups in total. The Labute approximate surface area is 120 Å². The van der Waals surface area contributed by atoms with Gasteiger partial charge in [0, 0.05) is 26.2 Å². The van der Waals surface area contributed by atoms with Crippen LogP contribution < -0.4 is 5.32 Å². The third-order valence-electron chi connectivity index (χ3n) is 3.39. The van der Waals surface area contributed by atoms with Crippen LogP contribution >= 0.6 is 0 Å². The lowest BCUT2D eigenvalue weighted by Gasteiger charge is -2.17. The molecule has 0 radical (unpaired) electrons. The second-order valence-electron chi connectivity index (χ2n) is 4.93. The summed E-state index contributed by atoms with van der Waals surface area (Å²) < 4.78 is 3.83. The highest BCUT2D eigenvalue weighted by Crippen LogP contribution is 2.19. The molecule has 0 spiro atoms. The van der Waals surface area contributed by atoms with E-state index in [-0.39, 0.29) is 6.04 Å². The smallest absolute Gasteiger partial charge is 0.0846 e. The summed E-state index contributed by atoms with van der Waals surface area (Å²) in [6, 6.07) is 2.43. The highest BCUT2D eigenvalue weighted by Gasteiger charge is 2.18. The first-order chi connectivity index (χ1) is 9.67. The SMILES string of the molecule is CCNC(Cc1cn(C)nn1)c1cc(CC)nn1CC. The average Bonchev–Trinajstić information content (AvgIpc) is 3.04. The Hall–Kier alpha value is -1.69. The van der Waals surface area contributed by atoms with Crippen molar-refractivity contribution in [1.29, 1.82) is 0 Å². The molecule has 6 heteroatoms. The molecule has 0 saturated heterocycles. The maximum Gasteiger partial charge on any atom is 0.0846 e. The van der Waals surface area contributed by atoms with Crippen molar-refractivity contribution in [2.75, 3.05) is 6.54 Å². The molecule has 2 aromatic heterocycles. The van der Waals surface area contributed by atoms with Gasteiger partial charge in [-0.15, -0.1) is 5.10 Å². The molecule has 20 heavy (non-hydrogen) atoms. The minimum absolute atomic E-state index is 0.226. The van der Waals surface area contributed by atoms with E-state index in [0.29, 0.717) is 0 Å². The molecule has 0 fully saturated rings. The summed E-state index contributed by atoms with van der Waals surface area (Å²) in [5, 5.41) is 16.4. The zero-order chi connectivity index (χ0) is 14.5. The zero-order valence-corrected chi connectivity index (χ0v) is 12.8. The van der Waals surface area contributed by atoms with Crippen molar-refractivity contribution >= 4 is 0 Å². The summed E-state index contributed by atoms with van der Waals surface area (Å²) in [4.78, 5) is 0. The van der Waals surface area contributed by atoms with E-state index < -0.39 is 0 Å². The fourth-order valence-corrected chi connectivity index (χ4v) is 2.42. The van der Waals surface area contributed by atoms with Gasteiger partial charge in [0.25, 0.3) is 0 Å². The predicted octanol–water partition coefficient (Wildman–Crippen LogP) is 1.49. The van der Waals surface area contributed by atoms with E-state index in [9.17, 15) is 0 Å². The van der Waals surface area contributed by atoms with E-state index >= 15 is 0 Å². The molecule has 6 nitrogen and oxygen atoms in total. The Morgan fingerprint density at radius 2 is 2.05 bits per heavy atom. The second kappa shape index (κ2) is 6.65. The van der Waals surface area contributed by atoms with E-state index in [0.717, 1.165) is 37.3 Å². The second-order valence-corrected chi connectivity index (χ2v) is 4.93. The lowest BCUT2D eigenvalue weighted by Crippen LogP contribution is -2.25. The van der Waals surface area contributed by atoms with E-state index in [1.807, 2.05) is 13.2 Å². The predicted molar refractivity (Wildman–Crippen MR) is 78.4 cm³/mol. The molecule has 110 valence electrons. The van der Waals surface area contributed by atoms with Crippen molar-refractivity contribution < 1.29 is 0 Å². The summed E-state index contributed by atoms with van der Waals surface area (Å²) in [6.07, 6.45) is 3.76. The Morgan fingerprint density at radius 1 is 1.25 bits per heavy atom. The van der Waals surface area contributed by atoms with E-state index in [4.69, 9.17) is 0 Å². The van der Waals surface area contributed by atoms with Crippen LogP contribution in [0.5, 0.6) is 0 Å². The first kappa shape index (κ1) is 14.7. The molecule has 0 aliphatic rings. The van der Waals surface area contributed by atoms with Gasteiger partial charge in [0.2, 0.25) is 0 Å². The minimum Gasteiger partial charge on any atom is -0.309 e. The highest BCUT2D eigenvalue weighted by molar-refractivity contribution is 5.16. The van der Waals surface area contributed by atoms with Crippen LogP contribution in [-0.2, 0) is 26.4 Å². The van der Waals surface area contributed by atoms with Crippen LogP contribution in [-0.4, -0.2) is 31.3 Å². The summed E-state index contributed by atoms with van der Waals surface area (Å²) in [5.74, 6) is 0. The van der Waals surface area contributed by atoms with Crippen molar-refractivity contribution in [3.8, 4) is 0 Å². The van der Waals surface area contributed by atoms with Gasteiger partial charge in [0.15, 0.2) is 0 Å². The van der Waals surface area contributed by atoms with Crippen LogP contribution in [0.3, 0.4) is 0 Å². The van der Waals surface area contributed by atoms with Crippen LogP contribution in [0.15, 0.2) is 12.3 Å². The normalized spacial score (nSPS) is 12.8. The average molecular weight is 276 g/mol. The zero-order valence-electron chi connectivity index (χ0n) is 12.8. The fourth-order valence-electron chi connectivity index (χ4n) is 2.42. The molecule has 0 amide bonds. The van der Waals surface area contributed by atoms with E-state index in [1.54, 1.807) is 4.68 Å². The molecule has 0 bridgehead atoms. The Bertz CT molecular complexity index is 542. The molecule has 0 aliphatic heterocycles. The van der Waals surface area contributed by atoms with Crippen LogP contribution in [0.25, 0.3) is 0 Å². The first-order valence-electron chi connectivity index (χ1n) is 7.33. The number of likely N-dealkylation sites (N-methyl/N-ethyl adjacent to an activating group) is 1. The Morgan fingerprint density at radius 3 is 2.60 bits per heavy atom. The van der Waals surface area contributed by atoms with Crippen LogP contribution in [0.2, 0.25) is 0 Å². The molecule has 0 saturated carbocycles. The van der Waals surface area contributed by atoms with Gasteiger partial charge in [-0.25, -0.2) is 0 Å². The van der Waals surface area contributed by atoms with Crippen molar-refractivity contribution in [3.05, 3.63) is 29.3 Å². The molecule has 2 aromatic rings. The Balaban J connectivity index is 2.25. The van der Waals surface area contributed by atoms with Crippen molar-refractivity contribution in [3.63, 3.8) is 0 Å². The van der Waals surface area contributed by atoms with Gasteiger partial charge in [-0.2, -0.15) is 5.10 Å². The molecular weight excluding hydrogens is 252 g/mol. The van der Waals surface area contributed by atoms with E-state index in [2.05, 4.69) is 52.2 Å². The largest absolute Gasteiger partial charge is 0.309 e. The maximum atomic E-state index is 4.63. The van der Waals surface area contributed by atoms with Gasteiger partial charge in [-0.3, -0.25) is 9.36 Å². The topological polar surface area (TPSA) is 60.6 Å². The van der Waals surface area contributed by atoms with Gasteiger partial charge >= 0.3 is 0 Å². The van der Waals surface area contributed by atoms with Crippen LogP contribution in [0.1, 0.15) is 43.9 Å². The van der Waals surface area contributed by atoms with Gasteiger partial charge < -0.3 is 5.32 Å². The van der Waals surface area contributed by atoms with Gasteiger partial charge in [-0.1, -0.05) is 19.1 Å². The highest BCUT2D eigenvalue weighted by atomic mass is 15.4. The van der Waals surface area contributed by atoms with Gasteiger partial charge in [0.05, 0.1) is 23.1 Å². The lowest BCUT2D eigenvalue weighted by atomic mass is 10.1. The lowest BCUT2D eigenvalue weighted by molar-refractivity contribution is 0.485. The number of hydrogen-bond donors (Lipinski definition) is 1. The molecule has 2 rings (SSSR count). The summed E-state index contributed by atoms with van der Waals surface area (Å²) in [7, 11) is 1.89. The van der Waals surface area contributed by atoms with Crippen molar-refractivity contribution in [2.24, 2.45) is 7.05 Å². The molecular formula is C14H24N6. The Kier molecular flexibility index (Phi) is 4.89. The van der Waals surface area contributed by atoms with Crippen LogP contribution in [0, 0.1) is 0 Å². The summed E-state index contributed by atoms with van der Waals surface area (Å²) in [5.41, 5.74) is 3.38. The quantitative estimate of drug-likeness (QED) is 0.832. The van der Waals surface area contributed by atoms with Crippen LogP contribution in [0.4, 0.5) is 0 Å². The number of aromatic nitrogens is 5. The standard InChI is InChI=1S/C14H24N6/c1-5-11-9-14(20(7-3)17-11)13(15-6-2)8-12-10-19(4)18-16-12/h9-10,13,15H,5-8H2,1-4H3. The number of rotatable bonds is 7. The minimum atomic E-state index is 0.226.